The van der Waals surface area contributed by atoms with Gasteiger partial charge in [0.25, 0.3) is 0 Å². The first kappa shape index (κ1) is 11.7. The van der Waals surface area contributed by atoms with Crippen molar-refractivity contribution in [3.05, 3.63) is 64.7 Å². The monoisotopic (exact) mass is 252 g/mol. The maximum atomic E-state index is 12.4. The Morgan fingerprint density at radius 2 is 1.89 bits per heavy atom. The smallest absolute Gasteiger partial charge is 0.197 e. The highest BCUT2D eigenvalue weighted by molar-refractivity contribution is 6.12. The third kappa shape index (κ3) is 1.93. The van der Waals surface area contributed by atoms with Gasteiger partial charge in [0.05, 0.1) is 5.56 Å². The van der Waals surface area contributed by atoms with Crippen molar-refractivity contribution in [2.45, 2.75) is 13.5 Å². The van der Waals surface area contributed by atoms with Gasteiger partial charge in [-0.2, -0.15) is 0 Å². The SMILES string of the molecule is CC(=O)c1ccc2c(c1)OCc1ccccc1C2=O. The highest BCUT2D eigenvalue weighted by atomic mass is 16.5. The van der Waals surface area contributed by atoms with E-state index in [2.05, 4.69) is 0 Å². The number of fused-ring (bicyclic) bond motifs is 2. The van der Waals surface area contributed by atoms with Crippen LogP contribution in [0.2, 0.25) is 0 Å². The van der Waals surface area contributed by atoms with Crippen LogP contribution in [0.25, 0.3) is 0 Å². The Morgan fingerprint density at radius 1 is 1.11 bits per heavy atom. The summed E-state index contributed by atoms with van der Waals surface area (Å²) in [6.45, 7) is 1.84. The summed E-state index contributed by atoms with van der Waals surface area (Å²) in [6, 6.07) is 12.4. The van der Waals surface area contributed by atoms with Gasteiger partial charge < -0.3 is 4.74 Å². The predicted octanol–water partition coefficient (Wildman–Crippen LogP) is 3.01. The van der Waals surface area contributed by atoms with Crippen LogP contribution in [0.15, 0.2) is 42.5 Å². The summed E-state index contributed by atoms with van der Waals surface area (Å²) in [5, 5.41) is 0. The van der Waals surface area contributed by atoms with Crippen LogP contribution in [-0.2, 0) is 6.61 Å². The minimum Gasteiger partial charge on any atom is -0.488 e. The highest BCUT2D eigenvalue weighted by Crippen LogP contribution is 2.29. The molecule has 0 saturated heterocycles. The van der Waals surface area contributed by atoms with Crippen LogP contribution in [0.3, 0.4) is 0 Å². The van der Waals surface area contributed by atoms with Gasteiger partial charge in [0.2, 0.25) is 0 Å². The summed E-state index contributed by atoms with van der Waals surface area (Å²) in [6.07, 6.45) is 0. The van der Waals surface area contributed by atoms with E-state index in [1.807, 2.05) is 18.2 Å². The second-order valence-electron chi connectivity index (χ2n) is 4.54. The fourth-order valence-corrected chi connectivity index (χ4v) is 2.22. The van der Waals surface area contributed by atoms with Crippen LogP contribution in [0.4, 0.5) is 0 Å². The molecule has 0 amide bonds. The fourth-order valence-electron chi connectivity index (χ4n) is 2.22. The number of hydrogen-bond donors (Lipinski definition) is 0. The lowest BCUT2D eigenvalue weighted by Gasteiger charge is -2.07. The zero-order chi connectivity index (χ0) is 13.4. The second-order valence-corrected chi connectivity index (χ2v) is 4.54. The molecule has 1 aliphatic heterocycles. The van der Waals surface area contributed by atoms with Crippen LogP contribution < -0.4 is 4.74 Å². The number of hydrogen-bond acceptors (Lipinski definition) is 3. The van der Waals surface area contributed by atoms with E-state index in [4.69, 9.17) is 4.74 Å². The van der Waals surface area contributed by atoms with Crippen LogP contribution in [-0.4, -0.2) is 11.6 Å². The lowest BCUT2D eigenvalue weighted by atomic mass is 9.98. The Hall–Kier alpha value is -2.42. The Kier molecular flexibility index (Phi) is 2.67. The first-order chi connectivity index (χ1) is 9.16. The molecule has 1 heterocycles. The molecule has 0 N–H and O–H groups in total. The van der Waals surface area contributed by atoms with Gasteiger partial charge >= 0.3 is 0 Å². The summed E-state index contributed by atoms with van der Waals surface area (Å²) in [4.78, 5) is 23.8. The summed E-state index contributed by atoms with van der Waals surface area (Å²) in [5.74, 6) is 0.382. The number of benzene rings is 2. The lowest BCUT2D eigenvalue weighted by molar-refractivity contribution is 0.101. The van der Waals surface area contributed by atoms with Crippen LogP contribution in [0, 0.1) is 0 Å². The summed E-state index contributed by atoms with van der Waals surface area (Å²) >= 11 is 0. The largest absolute Gasteiger partial charge is 0.488 e. The van der Waals surface area contributed by atoms with Crippen molar-refractivity contribution in [1.29, 1.82) is 0 Å². The molecule has 2 aromatic rings. The summed E-state index contributed by atoms with van der Waals surface area (Å²) in [7, 11) is 0. The molecule has 0 spiro atoms. The van der Waals surface area contributed by atoms with Crippen molar-refractivity contribution in [3.8, 4) is 5.75 Å². The standard InChI is InChI=1S/C16H12O3/c1-10(17)11-6-7-14-15(8-11)19-9-12-4-2-3-5-13(12)16(14)18/h2-8H,9H2,1H3. The molecule has 3 heteroatoms. The quantitative estimate of drug-likeness (QED) is 0.733. The minimum absolute atomic E-state index is 0.0411. The van der Waals surface area contributed by atoms with Gasteiger partial charge in [0.1, 0.15) is 12.4 Å². The first-order valence-corrected chi connectivity index (χ1v) is 6.07. The van der Waals surface area contributed by atoms with Crippen molar-refractivity contribution >= 4 is 11.6 Å². The molecule has 19 heavy (non-hydrogen) atoms. The van der Waals surface area contributed by atoms with Gasteiger partial charge in [-0.3, -0.25) is 9.59 Å². The molecule has 0 atom stereocenters. The van der Waals surface area contributed by atoms with E-state index >= 15 is 0 Å². The third-order valence-corrected chi connectivity index (χ3v) is 3.28. The van der Waals surface area contributed by atoms with Crippen molar-refractivity contribution in [3.63, 3.8) is 0 Å². The van der Waals surface area contributed by atoms with E-state index in [-0.39, 0.29) is 11.6 Å². The highest BCUT2D eigenvalue weighted by Gasteiger charge is 2.22. The van der Waals surface area contributed by atoms with E-state index in [9.17, 15) is 9.59 Å². The molecular formula is C16H12O3. The molecule has 0 radical (unpaired) electrons. The molecule has 0 aromatic heterocycles. The van der Waals surface area contributed by atoms with E-state index in [1.165, 1.54) is 6.92 Å². The molecule has 3 rings (SSSR count). The van der Waals surface area contributed by atoms with Crippen molar-refractivity contribution in [2.75, 3.05) is 0 Å². The lowest BCUT2D eigenvalue weighted by Crippen LogP contribution is -2.03. The average molecular weight is 252 g/mol. The zero-order valence-corrected chi connectivity index (χ0v) is 10.5. The van der Waals surface area contributed by atoms with Crippen LogP contribution in [0.5, 0.6) is 5.75 Å². The van der Waals surface area contributed by atoms with Gasteiger partial charge in [0, 0.05) is 16.7 Å². The maximum Gasteiger partial charge on any atom is 0.197 e. The summed E-state index contributed by atoms with van der Waals surface area (Å²) in [5.41, 5.74) is 2.59. The molecule has 0 aliphatic carbocycles. The normalized spacial score (nSPS) is 13.0. The number of ketones is 2. The van der Waals surface area contributed by atoms with Gasteiger partial charge in [-0.1, -0.05) is 30.3 Å². The fraction of sp³-hybridized carbons (Fsp3) is 0.125. The van der Waals surface area contributed by atoms with Gasteiger partial charge in [-0.25, -0.2) is 0 Å². The Labute approximate surface area is 110 Å². The predicted molar refractivity (Wildman–Crippen MR) is 70.7 cm³/mol. The van der Waals surface area contributed by atoms with Crippen molar-refractivity contribution in [1.82, 2.24) is 0 Å². The topological polar surface area (TPSA) is 43.4 Å². The Morgan fingerprint density at radius 3 is 2.68 bits per heavy atom. The van der Waals surface area contributed by atoms with Gasteiger partial charge in [0.15, 0.2) is 11.6 Å². The summed E-state index contributed by atoms with van der Waals surface area (Å²) < 4.78 is 5.66. The first-order valence-electron chi connectivity index (χ1n) is 6.07. The van der Waals surface area contributed by atoms with Gasteiger partial charge in [-0.05, 0) is 19.1 Å². The molecule has 0 bridgehead atoms. The molecule has 2 aromatic carbocycles. The molecular weight excluding hydrogens is 240 g/mol. The number of ether oxygens (including phenoxy) is 1. The molecule has 3 nitrogen and oxygen atoms in total. The number of carbonyl (C=O) groups excluding carboxylic acids is 2. The van der Waals surface area contributed by atoms with Crippen LogP contribution in [0.1, 0.15) is 38.8 Å². The van der Waals surface area contributed by atoms with E-state index in [0.717, 1.165) is 5.56 Å². The van der Waals surface area contributed by atoms with Gasteiger partial charge in [-0.15, -0.1) is 0 Å². The average Bonchev–Trinajstić information content (AvgIpc) is 2.57. The van der Waals surface area contributed by atoms with Crippen molar-refractivity contribution in [2.24, 2.45) is 0 Å². The zero-order valence-electron chi connectivity index (χ0n) is 10.5. The minimum atomic E-state index is -0.0572. The Bertz CT molecular complexity index is 686. The van der Waals surface area contributed by atoms with E-state index in [1.54, 1.807) is 24.3 Å². The molecule has 0 unspecified atom stereocenters. The van der Waals surface area contributed by atoms with Crippen LogP contribution >= 0.6 is 0 Å². The Balaban J connectivity index is 2.15. The maximum absolute atomic E-state index is 12.4. The van der Waals surface area contributed by atoms with E-state index in [0.29, 0.717) is 29.0 Å². The second kappa shape index (κ2) is 4.35. The number of carbonyl (C=O) groups is 2. The molecule has 0 saturated carbocycles. The molecule has 0 fully saturated rings. The van der Waals surface area contributed by atoms with E-state index < -0.39 is 0 Å². The molecule has 94 valence electrons. The number of Topliss-reactive ketones (excluding diaryl/α,β-unsaturated/α-hetero) is 1. The van der Waals surface area contributed by atoms with Crippen molar-refractivity contribution < 1.29 is 14.3 Å². The molecule has 1 aliphatic rings. The third-order valence-electron chi connectivity index (χ3n) is 3.28. The number of rotatable bonds is 1.